The zero-order valence-electron chi connectivity index (χ0n) is 11.4. The highest BCUT2D eigenvalue weighted by Crippen LogP contribution is 2.36. The summed E-state index contributed by atoms with van der Waals surface area (Å²) in [7, 11) is 0. The Morgan fingerprint density at radius 3 is 2.65 bits per heavy atom. The maximum atomic E-state index is 3.89. The maximum Gasteiger partial charge on any atom is 0.0309 e. The van der Waals surface area contributed by atoms with E-state index in [-0.39, 0.29) is 0 Å². The van der Waals surface area contributed by atoms with Crippen molar-refractivity contribution in [3.63, 3.8) is 0 Å². The fraction of sp³-hybridized carbons (Fsp3) is 1.00. The minimum atomic E-state index is 0.509. The Hall–Kier alpha value is -0.0800. The molecule has 3 rings (SSSR count). The van der Waals surface area contributed by atoms with Crippen LogP contribution in [0.2, 0.25) is 0 Å². The van der Waals surface area contributed by atoms with Crippen LogP contribution < -0.4 is 5.32 Å². The maximum absolute atomic E-state index is 3.89. The molecule has 0 aromatic rings. The highest BCUT2D eigenvalue weighted by atomic mass is 15.3. The van der Waals surface area contributed by atoms with Crippen molar-refractivity contribution in [3.05, 3.63) is 0 Å². The monoisotopic (exact) mass is 236 g/mol. The summed E-state index contributed by atoms with van der Waals surface area (Å²) in [5, 5.41) is 3.89. The van der Waals surface area contributed by atoms with E-state index in [4.69, 9.17) is 0 Å². The first kappa shape index (κ1) is 12.0. The minimum absolute atomic E-state index is 0.509. The van der Waals surface area contributed by atoms with Gasteiger partial charge in [0, 0.05) is 24.7 Å². The molecule has 98 valence electrons. The Bertz CT molecular complexity index is 254. The van der Waals surface area contributed by atoms with Crippen LogP contribution in [0.3, 0.4) is 0 Å². The van der Waals surface area contributed by atoms with Crippen LogP contribution in [0.5, 0.6) is 0 Å². The molecule has 1 N–H and O–H groups in total. The van der Waals surface area contributed by atoms with Gasteiger partial charge in [-0.15, -0.1) is 0 Å². The lowest BCUT2D eigenvalue weighted by molar-refractivity contribution is 0.0760. The highest BCUT2D eigenvalue weighted by molar-refractivity contribution is 5.00. The van der Waals surface area contributed by atoms with Gasteiger partial charge in [0.15, 0.2) is 0 Å². The Balaban J connectivity index is 1.59. The molecule has 1 unspecified atom stereocenters. The van der Waals surface area contributed by atoms with E-state index in [0.29, 0.717) is 5.54 Å². The van der Waals surface area contributed by atoms with Crippen molar-refractivity contribution in [2.75, 3.05) is 19.6 Å². The second kappa shape index (κ2) is 4.89. The van der Waals surface area contributed by atoms with Crippen LogP contribution in [0.15, 0.2) is 0 Å². The standard InChI is InChI=1S/C15H28N2/c1-2-14-11-16-15(8-3-4-9-15)12-17(14)10-7-13-5-6-13/h13-14,16H,2-12H2,1H3. The molecular weight excluding hydrogens is 208 g/mol. The van der Waals surface area contributed by atoms with Crippen LogP contribution in [0.25, 0.3) is 0 Å². The van der Waals surface area contributed by atoms with E-state index in [0.717, 1.165) is 12.0 Å². The lowest BCUT2D eigenvalue weighted by Gasteiger charge is -2.46. The number of hydrogen-bond acceptors (Lipinski definition) is 2. The van der Waals surface area contributed by atoms with Crippen LogP contribution in [0.1, 0.15) is 58.3 Å². The van der Waals surface area contributed by atoms with Crippen molar-refractivity contribution in [1.29, 1.82) is 0 Å². The summed E-state index contributed by atoms with van der Waals surface area (Å²) in [5.74, 6) is 1.09. The molecule has 1 heterocycles. The van der Waals surface area contributed by atoms with Gasteiger partial charge in [-0.1, -0.05) is 32.6 Å². The first-order valence-corrected chi connectivity index (χ1v) is 7.80. The summed E-state index contributed by atoms with van der Waals surface area (Å²) in [5.41, 5.74) is 0.509. The predicted molar refractivity (Wildman–Crippen MR) is 72.2 cm³/mol. The molecule has 1 aliphatic heterocycles. The topological polar surface area (TPSA) is 15.3 Å². The molecule has 2 heteroatoms. The van der Waals surface area contributed by atoms with Gasteiger partial charge in [-0.3, -0.25) is 4.90 Å². The molecular formula is C15H28N2. The van der Waals surface area contributed by atoms with E-state index in [2.05, 4.69) is 17.1 Å². The van der Waals surface area contributed by atoms with Gasteiger partial charge < -0.3 is 5.32 Å². The summed E-state index contributed by atoms with van der Waals surface area (Å²) < 4.78 is 0. The van der Waals surface area contributed by atoms with Crippen molar-refractivity contribution in [1.82, 2.24) is 10.2 Å². The molecule has 0 aromatic carbocycles. The van der Waals surface area contributed by atoms with Gasteiger partial charge in [0.1, 0.15) is 0 Å². The number of hydrogen-bond donors (Lipinski definition) is 1. The molecule has 2 nitrogen and oxygen atoms in total. The van der Waals surface area contributed by atoms with Gasteiger partial charge in [0.25, 0.3) is 0 Å². The van der Waals surface area contributed by atoms with E-state index in [9.17, 15) is 0 Å². The molecule has 1 atom stereocenters. The van der Waals surface area contributed by atoms with Crippen molar-refractivity contribution < 1.29 is 0 Å². The summed E-state index contributed by atoms with van der Waals surface area (Å²) >= 11 is 0. The predicted octanol–water partition coefficient (Wildman–Crippen LogP) is 2.78. The van der Waals surface area contributed by atoms with Crippen LogP contribution >= 0.6 is 0 Å². The van der Waals surface area contributed by atoms with Crippen molar-refractivity contribution in [2.45, 2.75) is 69.9 Å². The fourth-order valence-electron chi connectivity index (χ4n) is 3.84. The van der Waals surface area contributed by atoms with Crippen LogP contribution in [0, 0.1) is 5.92 Å². The summed E-state index contributed by atoms with van der Waals surface area (Å²) in [4.78, 5) is 2.82. The van der Waals surface area contributed by atoms with E-state index in [1.54, 1.807) is 0 Å². The first-order chi connectivity index (χ1) is 8.31. The zero-order chi connectivity index (χ0) is 11.7. The fourth-order valence-corrected chi connectivity index (χ4v) is 3.84. The molecule has 0 radical (unpaired) electrons. The molecule has 3 aliphatic rings. The Labute approximate surface area is 106 Å². The molecule has 3 fully saturated rings. The average molecular weight is 236 g/mol. The van der Waals surface area contributed by atoms with E-state index < -0.39 is 0 Å². The van der Waals surface area contributed by atoms with Crippen LogP contribution in [-0.2, 0) is 0 Å². The third-order valence-electron chi connectivity index (χ3n) is 5.29. The van der Waals surface area contributed by atoms with Gasteiger partial charge in [-0.25, -0.2) is 0 Å². The van der Waals surface area contributed by atoms with E-state index in [1.165, 1.54) is 71.0 Å². The summed E-state index contributed by atoms with van der Waals surface area (Å²) in [6, 6.07) is 0.806. The Kier molecular flexibility index (Phi) is 3.45. The van der Waals surface area contributed by atoms with Crippen LogP contribution in [-0.4, -0.2) is 36.1 Å². The van der Waals surface area contributed by atoms with Crippen LogP contribution in [0.4, 0.5) is 0 Å². The smallest absolute Gasteiger partial charge is 0.0309 e. The van der Waals surface area contributed by atoms with E-state index >= 15 is 0 Å². The molecule has 2 saturated carbocycles. The largest absolute Gasteiger partial charge is 0.308 e. The first-order valence-electron chi connectivity index (χ1n) is 7.80. The average Bonchev–Trinajstić information content (AvgIpc) is 3.08. The normalized spacial score (nSPS) is 33.4. The lowest BCUT2D eigenvalue weighted by Crippen LogP contribution is -2.63. The van der Waals surface area contributed by atoms with Gasteiger partial charge in [0.05, 0.1) is 0 Å². The number of piperazine rings is 1. The lowest BCUT2D eigenvalue weighted by atomic mass is 9.91. The minimum Gasteiger partial charge on any atom is -0.308 e. The Morgan fingerprint density at radius 2 is 2.00 bits per heavy atom. The summed E-state index contributed by atoms with van der Waals surface area (Å²) in [6.45, 7) is 6.29. The van der Waals surface area contributed by atoms with Gasteiger partial charge in [-0.2, -0.15) is 0 Å². The van der Waals surface area contributed by atoms with Crippen molar-refractivity contribution in [3.8, 4) is 0 Å². The zero-order valence-corrected chi connectivity index (χ0v) is 11.4. The molecule has 0 bridgehead atoms. The molecule has 0 amide bonds. The molecule has 1 saturated heterocycles. The van der Waals surface area contributed by atoms with Gasteiger partial charge >= 0.3 is 0 Å². The third kappa shape index (κ3) is 2.68. The van der Waals surface area contributed by atoms with Gasteiger partial charge in [0.2, 0.25) is 0 Å². The van der Waals surface area contributed by atoms with Crippen molar-refractivity contribution in [2.24, 2.45) is 5.92 Å². The third-order valence-corrected chi connectivity index (χ3v) is 5.29. The second-order valence-corrected chi connectivity index (χ2v) is 6.63. The molecule has 1 spiro atoms. The SMILES string of the molecule is CCC1CNC2(CCCC2)CN1CCC1CC1. The Morgan fingerprint density at radius 1 is 1.24 bits per heavy atom. The molecule has 17 heavy (non-hydrogen) atoms. The number of rotatable bonds is 4. The molecule has 0 aromatic heterocycles. The van der Waals surface area contributed by atoms with Crippen molar-refractivity contribution >= 4 is 0 Å². The molecule has 2 aliphatic carbocycles. The summed E-state index contributed by atoms with van der Waals surface area (Å²) in [6.07, 6.45) is 11.5. The quantitative estimate of drug-likeness (QED) is 0.807. The second-order valence-electron chi connectivity index (χ2n) is 6.63. The van der Waals surface area contributed by atoms with Gasteiger partial charge in [-0.05, 0) is 38.1 Å². The van der Waals surface area contributed by atoms with E-state index in [1.807, 2.05) is 0 Å². The number of nitrogens with one attached hydrogen (secondary N) is 1. The number of nitrogens with zero attached hydrogens (tertiary/aromatic N) is 1. The highest BCUT2D eigenvalue weighted by Gasteiger charge is 2.40.